The fraction of sp³-hybridized carbons (Fsp3) is 0.688. The lowest BCUT2D eigenvalue weighted by Gasteiger charge is -2.26. The Kier molecular flexibility index (Phi) is 4.93. The molecule has 1 aliphatic rings. The number of nitrogens with one attached hydrogen (secondary N) is 1. The maximum atomic E-state index is 12.1. The van der Waals surface area contributed by atoms with Crippen LogP contribution in [0.25, 0.3) is 0 Å². The van der Waals surface area contributed by atoms with Crippen molar-refractivity contribution in [2.45, 2.75) is 45.3 Å². The van der Waals surface area contributed by atoms with Crippen molar-refractivity contribution in [2.75, 3.05) is 20.1 Å². The first kappa shape index (κ1) is 15.9. The van der Waals surface area contributed by atoms with Gasteiger partial charge in [-0.25, -0.2) is 4.79 Å². The largest absolute Gasteiger partial charge is 0.469 e. The van der Waals surface area contributed by atoms with Crippen LogP contribution in [0.2, 0.25) is 0 Å². The third-order valence-electron chi connectivity index (χ3n) is 3.82. The Labute approximate surface area is 126 Å². The summed E-state index contributed by atoms with van der Waals surface area (Å²) >= 11 is 0. The number of hydrogen-bond acceptors (Lipinski definition) is 4. The molecule has 2 heterocycles. The molecule has 5 heteroatoms. The summed E-state index contributed by atoms with van der Waals surface area (Å²) in [5, 5.41) is 3.35. The maximum absolute atomic E-state index is 12.1. The van der Waals surface area contributed by atoms with Gasteiger partial charge in [0.2, 0.25) is 0 Å². The van der Waals surface area contributed by atoms with Gasteiger partial charge in [0.05, 0.1) is 6.26 Å². The number of furan rings is 1. The first-order valence-electron chi connectivity index (χ1n) is 7.56. The van der Waals surface area contributed by atoms with Crippen LogP contribution >= 0.6 is 0 Å². The number of likely N-dealkylation sites (tertiary alicyclic amines) is 1. The molecule has 1 amide bonds. The summed E-state index contributed by atoms with van der Waals surface area (Å²) in [5.74, 6) is 1.40. The van der Waals surface area contributed by atoms with E-state index in [2.05, 4.69) is 5.32 Å². The van der Waals surface area contributed by atoms with Crippen molar-refractivity contribution in [3.05, 3.63) is 24.2 Å². The first-order valence-corrected chi connectivity index (χ1v) is 7.56. The van der Waals surface area contributed by atoms with E-state index < -0.39 is 5.60 Å². The van der Waals surface area contributed by atoms with E-state index in [1.54, 1.807) is 6.26 Å². The number of hydrogen-bond donors (Lipinski definition) is 1. The van der Waals surface area contributed by atoms with Crippen LogP contribution in [0.5, 0.6) is 0 Å². The summed E-state index contributed by atoms with van der Waals surface area (Å²) < 4.78 is 10.9. The highest BCUT2D eigenvalue weighted by atomic mass is 16.6. The van der Waals surface area contributed by atoms with Crippen LogP contribution in [0.1, 0.15) is 33.0 Å². The molecule has 1 fully saturated rings. The molecule has 1 saturated heterocycles. The molecule has 0 aliphatic carbocycles. The van der Waals surface area contributed by atoms with Crippen molar-refractivity contribution in [1.82, 2.24) is 10.2 Å². The average molecular weight is 294 g/mol. The number of rotatable bonds is 4. The summed E-state index contributed by atoms with van der Waals surface area (Å²) in [4.78, 5) is 13.9. The van der Waals surface area contributed by atoms with Gasteiger partial charge < -0.3 is 19.4 Å². The van der Waals surface area contributed by atoms with E-state index in [-0.39, 0.29) is 6.09 Å². The molecule has 118 valence electrons. The Balaban J connectivity index is 1.89. The van der Waals surface area contributed by atoms with Crippen LogP contribution in [-0.4, -0.2) is 42.8 Å². The van der Waals surface area contributed by atoms with Crippen molar-refractivity contribution in [1.29, 1.82) is 0 Å². The molecule has 0 radical (unpaired) electrons. The van der Waals surface area contributed by atoms with Crippen molar-refractivity contribution in [3.8, 4) is 0 Å². The summed E-state index contributed by atoms with van der Waals surface area (Å²) in [6.07, 6.45) is 3.32. The van der Waals surface area contributed by atoms with Crippen LogP contribution in [0.15, 0.2) is 22.8 Å². The summed E-state index contributed by atoms with van der Waals surface area (Å²) in [7, 11) is 1.96. The van der Waals surface area contributed by atoms with Crippen molar-refractivity contribution in [3.63, 3.8) is 0 Å². The molecular weight excluding hydrogens is 268 g/mol. The van der Waals surface area contributed by atoms with Crippen LogP contribution in [0.4, 0.5) is 4.79 Å². The van der Waals surface area contributed by atoms with Crippen LogP contribution in [-0.2, 0) is 11.2 Å². The van der Waals surface area contributed by atoms with Crippen molar-refractivity contribution < 1.29 is 13.9 Å². The normalized spacial score (nSPS) is 20.6. The van der Waals surface area contributed by atoms with Gasteiger partial charge in [0, 0.05) is 25.6 Å². The lowest BCUT2D eigenvalue weighted by molar-refractivity contribution is 0.0285. The van der Waals surface area contributed by atoms with E-state index in [1.165, 1.54) is 0 Å². The van der Waals surface area contributed by atoms with E-state index in [0.29, 0.717) is 12.0 Å². The van der Waals surface area contributed by atoms with Gasteiger partial charge in [0.1, 0.15) is 11.4 Å². The Morgan fingerprint density at radius 3 is 2.90 bits per heavy atom. The highest BCUT2D eigenvalue weighted by Gasteiger charge is 2.33. The standard InChI is InChI=1S/C16H26N2O3/c1-16(2,3)21-15(19)18-8-7-12(11-18)14(17-4)10-13-6-5-9-20-13/h5-6,9,12,14,17H,7-8,10-11H2,1-4H3. The second-order valence-corrected chi connectivity index (χ2v) is 6.65. The van der Waals surface area contributed by atoms with E-state index in [4.69, 9.17) is 9.15 Å². The van der Waals surface area contributed by atoms with Crippen LogP contribution < -0.4 is 5.32 Å². The molecule has 0 spiro atoms. The van der Waals surface area contributed by atoms with Gasteiger partial charge in [0.25, 0.3) is 0 Å². The molecule has 1 aromatic rings. The van der Waals surface area contributed by atoms with Gasteiger partial charge in [-0.3, -0.25) is 0 Å². The first-order chi connectivity index (χ1) is 9.89. The Hall–Kier alpha value is -1.49. The van der Waals surface area contributed by atoms with Gasteiger partial charge in [-0.05, 0) is 52.3 Å². The molecule has 1 N–H and O–H groups in total. The van der Waals surface area contributed by atoms with Gasteiger partial charge >= 0.3 is 6.09 Å². The fourth-order valence-corrected chi connectivity index (χ4v) is 2.76. The lowest BCUT2D eigenvalue weighted by atomic mass is 9.95. The van der Waals surface area contributed by atoms with Gasteiger partial charge in [-0.15, -0.1) is 0 Å². The minimum absolute atomic E-state index is 0.210. The molecule has 0 bridgehead atoms. The van der Waals surface area contributed by atoms with Crippen molar-refractivity contribution >= 4 is 6.09 Å². The van der Waals surface area contributed by atoms with E-state index in [1.807, 2.05) is 44.9 Å². The quantitative estimate of drug-likeness (QED) is 0.927. The van der Waals surface area contributed by atoms with Gasteiger partial charge in [-0.1, -0.05) is 0 Å². The monoisotopic (exact) mass is 294 g/mol. The molecule has 2 rings (SSSR count). The molecule has 1 aromatic heterocycles. The lowest BCUT2D eigenvalue weighted by Crippen LogP contribution is -2.39. The molecule has 21 heavy (non-hydrogen) atoms. The number of likely N-dealkylation sites (N-methyl/N-ethyl adjacent to an activating group) is 1. The molecule has 1 aliphatic heterocycles. The zero-order valence-corrected chi connectivity index (χ0v) is 13.4. The van der Waals surface area contributed by atoms with Crippen LogP contribution in [0.3, 0.4) is 0 Å². The van der Waals surface area contributed by atoms with Gasteiger partial charge in [0.15, 0.2) is 0 Å². The third kappa shape index (κ3) is 4.49. The number of carbonyl (C=O) groups excluding carboxylic acids is 1. The summed E-state index contributed by atoms with van der Waals surface area (Å²) in [6.45, 7) is 7.18. The second kappa shape index (κ2) is 6.52. The Bertz CT molecular complexity index is 451. The predicted molar refractivity (Wildman–Crippen MR) is 81.2 cm³/mol. The number of nitrogens with zero attached hydrogens (tertiary/aromatic N) is 1. The molecule has 0 saturated carbocycles. The number of ether oxygens (including phenoxy) is 1. The number of carbonyl (C=O) groups is 1. The Morgan fingerprint density at radius 2 is 2.33 bits per heavy atom. The smallest absolute Gasteiger partial charge is 0.410 e. The molecule has 0 aromatic carbocycles. The molecule has 5 nitrogen and oxygen atoms in total. The zero-order valence-electron chi connectivity index (χ0n) is 13.4. The van der Waals surface area contributed by atoms with Crippen LogP contribution in [0, 0.1) is 5.92 Å². The van der Waals surface area contributed by atoms with E-state index in [9.17, 15) is 4.79 Å². The van der Waals surface area contributed by atoms with Gasteiger partial charge in [-0.2, -0.15) is 0 Å². The molecular formula is C16H26N2O3. The average Bonchev–Trinajstić information content (AvgIpc) is 3.05. The predicted octanol–water partition coefficient (Wildman–Crippen LogP) is 2.67. The SMILES string of the molecule is CNC(Cc1ccco1)C1CCN(C(=O)OC(C)(C)C)C1. The van der Waals surface area contributed by atoms with E-state index >= 15 is 0 Å². The Morgan fingerprint density at radius 1 is 1.57 bits per heavy atom. The number of amides is 1. The van der Waals surface area contributed by atoms with E-state index in [0.717, 1.165) is 31.7 Å². The molecule has 2 unspecified atom stereocenters. The minimum atomic E-state index is -0.439. The summed E-state index contributed by atoms with van der Waals surface area (Å²) in [6, 6.07) is 4.21. The maximum Gasteiger partial charge on any atom is 0.410 e. The topological polar surface area (TPSA) is 54.7 Å². The zero-order chi connectivity index (χ0) is 15.5. The third-order valence-corrected chi connectivity index (χ3v) is 3.82. The summed E-state index contributed by atoms with van der Waals surface area (Å²) in [5.41, 5.74) is -0.439. The molecule has 2 atom stereocenters. The highest BCUT2D eigenvalue weighted by Crippen LogP contribution is 2.24. The second-order valence-electron chi connectivity index (χ2n) is 6.65. The fourth-order valence-electron chi connectivity index (χ4n) is 2.76. The minimum Gasteiger partial charge on any atom is -0.469 e. The van der Waals surface area contributed by atoms with Crippen molar-refractivity contribution in [2.24, 2.45) is 5.92 Å². The highest BCUT2D eigenvalue weighted by molar-refractivity contribution is 5.68.